The van der Waals surface area contributed by atoms with Crippen LogP contribution in [0, 0.1) is 0 Å². The SMILES string of the molecule is C[C@H]1CN(Cc2ccc(N)nc2)CCN1C(=O)OC(C)(C)C. The number of pyridine rings is 1. The summed E-state index contributed by atoms with van der Waals surface area (Å²) in [5, 5.41) is 0. The molecular formula is C16H26N4O2. The molecular weight excluding hydrogens is 280 g/mol. The van der Waals surface area contributed by atoms with Crippen molar-refractivity contribution in [1.82, 2.24) is 14.8 Å². The fourth-order valence-corrected chi connectivity index (χ4v) is 2.56. The first-order valence-corrected chi connectivity index (χ1v) is 7.67. The smallest absolute Gasteiger partial charge is 0.410 e. The number of anilines is 1. The molecule has 0 saturated carbocycles. The molecule has 2 N–H and O–H groups in total. The first kappa shape index (κ1) is 16.5. The number of rotatable bonds is 2. The third-order valence-corrected chi connectivity index (χ3v) is 3.59. The van der Waals surface area contributed by atoms with E-state index in [4.69, 9.17) is 10.5 Å². The zero-order valence-electron chi connectivity index (χ0n) is 13.9. The van der Waals surface area contributed by atoms with Crippen LogP contribution in [0.4, 0.5) is 10.6 Å². The summed E-state index contributed by atoms with van der Waals surface area (Å²) < 4.78 is 5.46. The number of ether oxygens (including phenoxy) is 1. The maximum absolute atomic E-state index is 12.2. The Labute approximate surface area is 132 Å². The first-order chi connectivity index (χ1) is 10.2. The van der Waals surface area contributed by atoms with Crippen molar-refractivity contribution >= 4 is 11.9 Å². The molecule has 2 heterocycles. The number of nitrogen functional groups attached to an aromatic ring is 1. The molecule has 1 aliphatic heterocycles. The highest BCUT2D eigenvalue weighted by molar-refractivity contribution is 5.68. The van der Waals surface area contributed by atoms with E-state index in [0.29, 0.717) is 12.4 Å². The topological polar surface area (TPSA) is 71.7 Å². The molecule has 6 heteroatoms. The van der Waals surface area contributed by atoms with Crippen LogP contribution in [0.25, 0.3) is 0 Å². The van der Waals surface area contributed by atoms with Crippen LogP contribution >= 0.6 is 0 Å². The fraction of sp³-hybridized carbons (Fsp3) is 0.625. The summed E-state index contributed by atoms with van der Waals surface area (Å²) in [4.78, 5) is 20.4. The molecule has 122 valence electrons. The lowest BCUT2D eigenvalue weighted by molar-refractivity contribution is 0.000551. The number of hydrogen-bond acceptors (Lipinski definition) is 5. The van der Waals surface area contributed by atoms with Gasteiger partial charge in [0.2, 0.25) is 0 Å². The minimum absolute atomic E-state index is 0.130. The molecule has 0 aliphatic carbocycles. The van der Waals surface area contributed by atoms with E-state index >= 15 is 0 Å². The highest BCUT2D eigenvalue weighted by Crippen LogP contribution is 2.17. The van der Waals surface area contributed by atoms with Crippen molar-refractivity contribution < 1.29 is 9.53 Å². The second-order valence-corrected chi connectivity index (χ2v) is 6.85. The van der Waals surface area contributed by atoms with Crippen LogP contribution in [0.15, 0.2) is 18.3 Å². The summed E-state index contributed by atoms with van der Waals surface area (Å²) in [7, 11) is 0. The molecule has 0 aromatic carbocycles. The maximum Gasteiger partial charge on any atom is 0.410 e. The number of carbonyl (C=O) groups excluding carboxylic acids is 1. The average Bonchev–Trinajstić information content (AvgIpc) is 2.39. The van der Waals surface area contributed by atoms with E-state index in [9.17, 15) is 4.79 Å². The standard InChI is InChI=1S/C16H26N4O2/c1-12-10-19(11-13-5-6-14(17)18-9-13)7-8-20(12)15(21)22-16(2,3)4/h5-6,9,12H,7-8,10-11H2,1-4H3,(H2,17,18)/t12-/m0/s1. The van der Waals surface area contributed by atoms with Gasteiger partial charge in [-0.3, -0.25) is 4.90 Å². The Morgan fingerprint density at radius 1 is 1.41 bits per heavy atom. The predicted octanol–water partition coefficient (Wildman–Crippen LogP) is 2.10. The van der Waals surface area contributed by atoms with Crippen LogP contribution in [-0.4, -0.2) is 52.2 Å². The van der Waals surface area contributed by atoms with Crippen molar-refractivity contribution in [3.8, 4) is 0 Å². The van der Waals surface area contributed by atoms with Gasteiger partial charge in [0.25, 0.3) is 0 Å². The molecule has 22 heavy (non-hydrogen) atoms. The van der Waals surface area contributed by atoms with Crippen LogP contribution in [0.5, 0.6) is 0 Å². The number of hydrogen-bond donors (Lipinski definition) is 1. The molecule has 1 atom stereocenters. The third kappa shape index (κ3) is 4.59. The van der Waals surface area contributed by atoms with Crippen molar-refractivity contribution in [2.45, 2.75) is 45.9 Å². The van der Waals surface area contributed by atoms with Crippen LogP contribution in [-0.2, 0) is 11.3 Å². The monoisotopic (exact) mass is 306 g/mol. The van der Waals surface area contributed by atoms with Gasteiger partial charge in [0, 0.05) is 38.4 Å². The molecule has 0 unspecified atom stereocenters. The zero-order chi connectivity index (χ0) is 16.3. The fourth-order valence-electron chi connectivity index (χ4n) is 2.56. The average molecular weight is 306 g/mol. The Balaban J connectivity index is 1.89. The summed E-state index contributed by atoms with van der Waals surface area (Å²) in [6.07, 6.45) is 1.58. The van der Waals surface area contributed by atoms with Gasteiger partial charge >= 0.3 is 6.09 Å². The molecule has 2 rings (SSSR count). The van der Waals surface area contributed by atoms with Crippen molar-refractivity contribution in [3.63, 3.8) is 0 Å². The second kappa shape index (κ2) is 6.52. The van der Waals surface area contributed by atoms with Gasteiger partial charge in [-0.25, -0.2) is 9.78 Å². The van der Waals surface area contributed by atoms with E-state index in [1.54, 1.807) is 6.20 Å². The normalized spacial score (nSPS) is 20.0. The van der Waals surface area contributed by atoms with E-state index in [0.717, 1.165) is 25.2 Å². The predicted molar refractivity (Wildman–Crippen MR) is 86.3 cm³/mol. The lowest BCUT2D eigenvalue weighted by Crippen LogP contribution is -2.54. The van der Waals surface area contributed by atoms with Crippen LogP contribution in [0.2, 0.25) is 0 Å². The molecule has 1 aromatic rings. The number of piperazine rings is 1. The van der Waals surface area contributed by atoms with Crippen molar-refractivity contribution in [1.29, 1.82) is 0 Å². The summed E-state index contributed by atoms with van der Waals surface area (Å²) in [6, 6.07) is 3.94. The van der Waals surface area contributed by atoms with Gasteiger partial charge in [0.1, 0.15) is 11.4 Å². The van der Waals surface area contributed by atoms with Crippen molar-refractivity contribution in [2.75, 3.05) is 25.4 Å². The summed E-state index contributed by atoms with van der Waals surface area (Å²) in [5.74, 6) is 0.534. The van der Waals surface area contributed by atoms with Crippen molar-refractivity contribution in [3.05, 3.63) is 23.9 Å². The molecule has 1 amide bonds. The molecule has 1 saturated heterocycles. The van der Waals surface area contributed by atoms with Gasteiger partial charge < -0.3 is 15.4 Å². The van der Waals surface area contributed by atoms with Crippen molar-refractivity contribution in [2.24, 2.45) is 0 Å². The van der Waals surface area contributed by atoms with Gasteiger partial charge in [-0.2, -0.15) is 0 Å². The largest absolute Gasteiger partial charge is 0.444 e. The highest BCUT2D eigenvalue weighted by Gasteiger charge is 2.30. The number of aromatic nitrogens is 1. The Morgan fingerprint density at radius 3 is 2.68 bits per heavy atom. The molecule has 0 bridgehead atoms. The van der Waals surface area contributed by atoms with Crippen LogP contribution in [0.1, 0.15) is 33.3 Å². The number of amides is 1. The quantitative estimate of drug-likeness (QED) is 0.906. The van der Waals surface area contributed by atoms with Gasteiger partial charge in [-0.1, -0.05) is 6.07 Å². The van der Waals surface area contributed by atoms with Gasteiger partial charge in [0.15, 0.2) is 0 Å². The van der Waals surface area contributed by atoms with E-state index in [-0.39, 0.29) is 12.1 Å². The van der Waals surface area contributed by atoms with E-state index < -0.39 is 5.60 Å². The van der Waals surface area contributed by atoms with E-state index in [1.807, 2.05) is 37.8 Å². The minimum atomic E-state index is -0.455. The molecule has 1 aromatic heterocycles. The van der Waals surface area contributed by atoms with Gasteiger partial charge in [-0.05, 0) is 39.3 Å². The summed E-state index contributed by atoms with van der Waals surface area (Å²) in [5.41, 5.74) is 6.28. The number of nitrogens with two attached hydrogens (primary N) is 1. The Hall–Kier alpha value is -1.82. The Morgan fingerprint density at radius 2 is 2.14 bits per heavy atom. The number of nitrogens with zero attached hydrogens (tertiary/aromatic N) is 3. The van der Waals surface area contributed by atoms with E-state index in [2.05, 4.69) is 16.8 Å². The first-order valence-electron chi connectivity index (χ1n) is 7.67. The lowest BCUT2D eigenvalue weighted by atomic mass is 10.1. The van der Waals surface area contributed by atoms with Crippen LogP contribution in [0.3, 0.4) is 0 Å². The summed E-state index contributed by atoms with van der Waals surface area (Å²) in [6.45, 7) is 10.9. The van der Waals surface area contributed by atoms with E-state index in [1.165, 1.54) is 0 Å². The molecule has 0 spiro atoms. The molecule has 0 radical (unpaired) electrons. The van der Waals surface area contributed by atoms with Gasteiger partial charge in [-0.15, -0.1) is 0 Å². The Kier molecular flexibility index (Phi) is 4.90. The molecule has 6 nitrogen and oxygen atoms in total. The highest BCUT2D eigenvalue weighted by atomic mass is 16.6. The van der Waals surface area contributed by atoms with Crippen LogP contribution < -0.4 is 5.73 Å². The maximum atomic E-state index is 12.2. The zero-order valence-corrected chi connectivity index (χ0v) is 13.9. The molecule has 1 aliphatic rings. The van der Waals surface area contributed by atoms with Gasteiger partial charge in [0.05, 0.1) is 0 Å². The third-order valence-electron chi connectivity index (χ3n) is 3.59. The summed E-state index contributed by atoms with van der Waals surface area (Å²) >= 11 is 0. The second-order valence-electron chi connectivity index (χ2n) is 6.85. The number of carbonyl (C=O) groups is 1. The molecule has 1 fully saturated rings. The Bertz CT molecular complexity index is 510. The minimum Gasteiger partial charge on any atom is -0.444 e. The lowest BCUT2D eigenvalue weighted by Gasteiger charge is -2.40.